The second kappa shape index (κ2) is 5.40. The van der Waals surface area contributed by atoms with Crippen molar-refractivity contribution < 1.29 is 9.53 Å². The monoisotopic (exact) mass is 298 g/mol. The molecule has 0 aliphatic carbocycles. The summed E-state index contributed by atoms with van der Waals surface area (Å²) in [5, 5.41) is 0. The molecule has 1 heterocycles. The molecule has 2 rings (SSSR count). The highest BCUT2D eigenvalue weighted by Gasteiger charge is 2.24. The van der Waals surface area contributed by atoms with E-state index in [1.54, 1.807) is 9.80 Å². The predicted molar refractivity (Wildman–Crippen MR) is 69.2 cm³/mol. The molecule has 1 aliphatic rings. The molecule has 1 fully saturated rings. The van der Waals surface area contributed by atoms with Gasteiger partial charge in [-0.25, -0.2) is 4.79 Å². The Morgan fingerprint density at radius 1 is 1.29 bits per heavy atom. The van der Waals surface area contributed by atoms with E-state index in [-0.39, 0.29) is 6.03 Å². The number of ether oxygens (including phenoxy) is 1. The maximum Gasteiger partial charge on any atom is 0.319 e. The Balaban J connectivity index is 1.76. The van der Waals surface area contributed by atoms with E-state index in [4.69, 9.17) is 4.74 Å². The molecule has 2 amide bonds. The Labute approximate surface area is 109 Å². The summed E-state index contributed by atoms with van der Waals surface area (Å²) in [6.45, 7) is 2.76. The van der Waals surface area contributed by atoms with Crippen LogP contribution in [0.15, 0.2) is 28.7 Å². The van der Waals surface area contributed by atoms with E-state index in [0.717, 1.165) is 23.3 Å². The predicted octanol–water partition coefficient (Wildman–Crippen LogP) is 2.20. The Morgan fingerprint density at radius 3 is 2.59 bits per heavy atom. The highest BCUT2D eigenvalue weighted by Crippen LogP contribution is 2.16. The van der Waals surface area contributed by atoms with Crippen LogP contribution in [0.4, 0.5) is 4.79 Å². The minimum atomic E-state index is 0.0874. The average molecular weight is 299 g/mol. The lowest BCUT2D eigenvalue weighted by Crippen LogP contribution is -2.32. The van der Waals surface area contributed by atoms with E-state index in [1.807, 2.05) is 31.3 Å². The first-order valence-electron chi connectivity index (χ1n) is 5.55. The second-order valence-electron chi connectivity index (χ2n) is 3.99. The van der Waals surface area contributed by atoms with Gasteiger partial charge in [-0.2, -0.15) is 0 Å². The first kappa shape index (κ1) is 12.2. The van der Waals surface area contributed by atoms with Crippen molar-refractivity contribution in [3.8, 4) is 5.75 Å². The summed E-state index contributed by atoms with van der Waals surface area (Å²) in [6.07, 6.45) is 0. The Morgan fingerprint density at radius 2 is 2.00 bits per heavy atom. The van der Waals surface area contributed by atoms with Crippen molar-refractivity contribution >= 4 is 22.0 Å². The van der Waals surface area contributed by atoms with Gasteiger partial charge in [-0.15, -0.1) is 0 Å². The lowest BCUT2D eigenvalue weighted by atomic mass is 10.3. The third-order valence-corrected chi connectivity index (χ3v) is 3.27. The quantitative estimate of drug-likeness (QED) is 0.854. The van der Waals surface area contributed by atoms with Crippen molar-refractivity contribution in [2.24, 2.45) is 0 Å². The molecular weight excluding hydrogens is 284 g/mol. The number of urea groups is 1. The van der Waals surface area contributed by atoms with E-state index in [0.29, 0.717) is 13.2 Å². The second-order valence-corrected chi connectivity index (χ2v) is 4.91. The molecule has 1 saturated heterocycles. The van der Waals surface area contributed by atoms with E-state index < -0.39 is 0 Å². The van der Waals surface area contributed by atoms with Gasteiger partial charge < -0.3 is 14.5 Å². The first-order valence-corrected chi connectivity index (χ1v) is 6.34. The fourth-order valence-corrected chi connectivity index (χ4v) is 1.98. The number of benzene rings is 1. The van der Waals surface area contributed by atoms with Crippen molar-refractivity contribution in [2.75, 3.05) is 33.3 Å². The summed E-state index contributed by atoms with van der Waals surface area (Å²) in [5.74, 6) is 0.827. The smallest absolute Gasteiger partial charge is 0.319 e. The number of nitrogens with zero attached hydrogens (tertiary/aromatic N) is 2. The standard InChI is InChI=1S/C12H15BrN2O2/c1-14-6-7-15(12(14)16)8-9-17-11-4-2-10(13)3-5-11/h2-5H,6-9H2,1H3. The molecule has 1 aromatic rings. The number of amides is 2. The molecule has 92 valence electrons. The Hall–Kier alpha value is -1.23. The molecule has 0 N–H and O–H groups in total. The molecule has 0 atom stereocenters. The molecule has 4 nitrogen and oxygen atoms in total. The largest absolute Gasteiger partial charge is 0.492 e. The number of halogens is 1. The highest BCUT2D eigenvalue weighted by molar-refractivity contribution is 9.10. The summed E-state index contributed by atoms with van der Waals surface area (Å²) in [5.41, 5.74) is 0. The van der Waals surface area contributed by atoms with Gasteiger partial charge in [0.05, 0.1) is 6.54 Å². The maximum atomic E-state index is 11.6. The van der Waals surface area contributed by atoms with Gasteiger partial charge >= 0.3 is 6.03 Å². The van der Waals surface area contributed by atoms with Crippen molar-refractivity contribution in [1.29, 1.82) is 0 Å². The summed E-state index contributed by atoms with van der Waals surface area (Å²) in [6, 6.07) is 7.77. The van der Waals surface area contributed by atoms with Crippen LogP contribution in [-0.4, -0.2) is 49.1 Å². The SMILES string of the molecule is CN1CCN(CCOc2ccc(Br)cc2)C1=O. The minimum Gasteiger partial charge on any atom is -0.492 e. The van der Waals surface area contributed by atoms with Crippen LogP contribution in [0.1, 0.15) is 0 Å². The van der Waals surface area contributed by atoms with Crippen LogP contribution in [-0.2, 0) is 0 Å². The Kier molecular flexibility index (Phi) is 3.89. The maximum absolute atomic E-state index is 11.6. The number of carbonyl (C=O) groups is 1. The van der Waals surface area contributed by atoms with Gasteiger partial charge in [0, 0.05) is 24.6 Å². The highest BCUT2D eigenvalue weighted by atomic mass is 79.9. The average Bonchev–Trinajstić information content (AvgIpc) is 2.64. The lowest BCUT2D eigenvalue weighted by Gasteiger charge is -2.16. The van der Waals surface area contributed by atoms with Crippen LogP contribution in [0.3, 0.4) is 0 Å². The third kappa shape index (κ3) is 3.12. The molecule has 1 aliphatic heterocycles. The van der Waals surface area contributed by atoms with E-state index in [2.05, 4.69) is 15.9 Å². The minimum absolute atomic E-state index is 0.0874. The van der Waals surface area contributed by atoms with E-state index in [9.17, 15) is 4.79 Å². The number of likely N-dealkylation sites (N-methyl/N-ethyl adjacent to an activating group) is 1. The number of hydrogen-bond donors (Lipinski definition) is 0. The Bertz CT molecular complexity index is 394. The van der Waals surface area contributed by atoms with Crippen LogP contribution < -0.4 is 4.74 Å². The van der Waals surface area contributed by atoms with Crippen molar-refractivity contribution in [3.63, 3.8) is 0 Å². The fourth-order valence-electron chi connectivity index (χ4n) is 1.72. The molecule has 0 aromatic heterocycles. The molecule has 5 heteroatoms. The van der Waals surface area contributed by atoms with Gasteiger partial charge in [-0.3, -0.25) is 0 Å². The molecular formula is C12H15BrN2O2. The molecule has 0 spiro atoms. The van der Waals surface area contributed by atoms with Crippen LogP contribution >= 0.6 is 15.9 Å². The zero-order valence-corrected chi connectivity index (χ0v) is 11.3. The van der Waals surface area contributed by atoms with Crippen molar-refractivity contribution in [1.82, 2.24) is 9.80 Å². The molecule has 0 bridgehead atoms. The molecule has 17 heavy (non-hydrogen) atoms. The first-order chi connectivity index (χ1) is 8.16. The topological polar surface area (TPSA) is 32.8 Å². The fraction of sp³-hybridized carbons (Fsp3) is 0.417. The summed E-state index contributed by atoms with van der Waals surface area (Å²) in [4.78, 5) is 15.1. The summed E-state index contributed by atoms with van der Waals surface area (Å²) < 4.78 is 6.60. The number of rotatable bonds is 4. The van der Waals surface area contributed by atoms with Gasteiger partial charge in [0.2, 0.25) is 0 Å². The van der Waals surface area contributed by atoms with Crippen molar-refractivity contribution in [2.45, 2.75) is 0 Å². The van der Waals surface area contributed by atoms with Gasteiger partial charge in [-0.05, 0) is 24.3 Å². The molecule has 0 radical (unpaired) electrons. The van der Waals surface area contributed by atoms with Crippen LogP contribution in [0.2, 0.25) is 0 Å². The lowest BCUT2D eigenvalue weighted by molar-refractivity contribution is 0.188. The van der Waals surface area contributed by atoms with Gasteiger partial charge in [0.1, 0.15) is 12.4 Å². The number of carbonyl (C=O) groups excluding carboxylic acids is 1. The zero-order valence-electron chi connectivity index (χ0n) is 9.73. The van der Waals surface area contributed by atoms with Gasteiger partial charge in [0.25, 0.3) is 0 Å². The zero-order chi connectivity index (χ0) is 12.3. The summed E-state index contributed by atoms with van der Waals surface area (Å²) in [7, 11) is 1.82. The van der Waals surface area contributed by atoms with Crippen LogP contribution in [0, 0.1) is 0 Å². The third-order valence-electron chi connectivity index (χ3n) is 2.75. The molecule has 1 aromatic carbocycles. The molecule has 0 saturated carbocycles. The molecule has 0 unspecified atom stereocenters. The summed E-state index contributed by atoms with van der Waals surface area (Å²) >= 11 is 3.37. The van der Waals surface area contributed by atoms with E-state index >= 15 is 0 Å². The van der Waals surface area contributed by atoms with E-state index in [1.165, 1.54) is 0 Å². The van der Waals surface area contributed by atoms with Crippen molar-refractivity contribution in [3.05, 3.63) is 28.7 Å². The van der Waals surface area contributed by atoms with Crippen LogP contribution in [0.25, 0.3) is 0 Å². The van der Waals surface area contributed by atoms with Gasteiger partial charge in [-0.1, -0.05) is 15.9 Å². The van der Waals surface area contributed by atoms with Gasteiger partial charge in [0.15, 0.2) is 0 Å². The van der Waals surface area contributed by atoms with Crippen LogP contribution in [0.5, 0.6) is 5.75 Å². The normalized spacial score (nSPS) is 15.5. The number of hydrogen-bond acceptors (Lipinski definition) is 2.